The van der Waals surface area contributed by atoms with Gasteiger partial charge in [-0.2, -0.15) is 0 Å². The Labute approximate surface area is 84.8 Å². The second kappa shape index (κ2) is 5.81. The SMILES string of the molecule is CC(O[C@@H]1CC/C=C\CCC1)C(=O)O. The van der Waals surface area contributed by atoms with Crippen LogP contribution in [0.15, 0.2) is 12.2 Å². The molecule has 0 amide bonds. The molecule has 0 fully saturated rings. The molecule has 1 aliphatic rings. The Morgan fingerprint density at radius 3 is 2.86 bits per heavy atom. The standard InChI is InChI=1S/C11H18O3/c1-9(11(12)13)14-10-7-5-3-2-4-6-8-10/h2-3,9-10H,4-8H2,1H3,(H,12,13)/b3-2-/t9?,10-/m1/s1. The summed E-state index contributed by atoms with van der Waals surface area (Å²) in [7, 11) is 0. The van der Waals surface area contributed by atoms with Gasteiger partial charge in [-0.05, 0) is 39.0 Å². The minimum Gasteiger partial charge on any atom is -0.479 e. The van der Waals surface area contributed by atoms with Gasteiger partial charge in [0, 0.05) is 0 Å². The number of carboxylic acid groups (broad SMARTS) is 1. The van der Waals surface area contributed by atoms with Crippen molar-refractivity contribution in [2.24, 2.45) is 0 Å². The maximum absolute atomic E-state index is 10.6. The lowest BCUT2D eigenvalue weighted by atomic mass is 10.0. The van der Waals surface area contributed by atoms with Crippen molar-refractivity contribution in [1.82, 2.24) is 0 Å². The van der Waals surface area contributed by atoms with Crippen LogP contribution in [0.1, 0.15) is 39.0 Å². The quantitative estimate of drug-likeness (QED) is 0.708. The van der Waals surface area contributed by atoms with Crippen molar-refractivity contribution in [2.45, 2.75) is 51.2 Å². The largest absolute Gasteiger partial charge is 0.479 e. The van der Waals surface area contributed by atoms with Crippen LogP contribution in [-0.4, -0.2) is 23.3 Å². The zero-order chi connectivity index (χ0) is 10.4. The Balaban J connectivity index is 2.35. The molecule has 0 spiro atoms. The van der Waals surface area contributed by atoms with Crippen LogP contribution >= 0.6 is 0 Å². The van der Waals surface area contributed by atoms with Gasteiger partial charge in [-0.15, -0.1) is 0 Å². The van der Waals surface area contributed by atoms with Gasteiger partial charge in [0.15, 0.2) is 6.10 Å². The molecule has 14 heavy (non-hydrogen) atoms. The highest BCUT2D eigenvalue weighted by molar-refractivity contribution is 5.71. The molecule has 1 aliphatic carbocycles. The Morgan fingerprint density at radius 2 is 2.14 bits per heavy atom. The lowest BCUT2D eigenvalue weighted by Gasteiger charge is -2.20. The summed E-state index contributed by atoms with van der Waals surface area (Å²) in [5.74, 6) is -0.873. The third-order valence-electron chi connectivity index (χ3n) is 2.46. The second-order valence-corrected chi connectivity index (χ2v) is 3.72. The van der Waals surface area contributed by atoms with Crippen molar-refractivity contribution in [1.29, 1.82) is 0 Å². The fourth-order valence-corrected chi connectivity index (χ4v) is 1.61. The van der Waals surface area contributed by atoms with E-state index in [0.717, 1.165) is 32.1 Å². The molecule has 0 heterocycles. The number of rotatable bonds is 3. The fraction of sp³-hybridized carbons (Fsp3) is 0.727. The zero-order valence-corrected chi connectivity index (χ0v) is 8.61. The first kappa shape index (κ1) is 11.2. The minimum absolute atomic E-state index is 0.117. The van der Waals surface area contributed by atoms with Crippen LogP contribution in [0.25, 0.3) is 0 Å². The highest BCUT2D eigenvalue weighted by atomic mass is 16.5. The maximum atomic E-state index is 10.6. The predicted octanol–water partition coefficient (Wildman–Crippen LogP) is 2.37. The molecule has 0 saturated carbocycles. The molecule has 80 valence electrons. The summed E-state index contributed by atoms with van der Waals surface area (Å²) in [5.41, 5.74) is 0. The molecule has 0 aromatic rings. The van der Waals surface area contributed by atoms with Crippen LogP contribution in [0.2, 0.25) is 0 Å². The molecule has 0 aromatic carbocycles. The Morgan fingerprint density at radius 1 is 1.43 bits per heavy atom. The number of aliphatic carboxylic acids is 1. The van der Waals surface area contributed by atoms with Gasteiger partial charge in [-0.3, -0.25) is 0 Å². The van der Waals surface area contributed by atoms with Gasteiger partial charge in [-0.1, -0.05) is 12.2 Å². The van der Waals surface area contributed by atoms with Crippen molar-refractivity contribution in [3.05, 3.63) is 12.2 Å². The lowest BCUT2D eigenvalue weighted by molar-refractivity contribution is -0.153. The van der Waals surface area contributed by atoms with Gasteiger partial charge < -0.3 is 9.84 Å². The van der Waals surface area contributed by atoms with Crippen molar-refractivity contribution in [3.63, 3.8) is 0 Å². The van der Waals surface area contributed by atoms with E-state index >= 15 is 0 Å². The normalized spacial score (nSPS) is 27.4. The summed E-state index contributed by atoms with van der Waals surface area (Å²) < 4.78 is 5.45. The van der Waals surface area contributed by atoms with Gasteiger partial charge in [0.1, 0.15) is 0 Å². The van der Waals surface area contributed by atoms with Crippen LogP contribution < -0.4 is 0 Å². The highest BCUT2D eigenvalue weighted by Crippen LogP contribution is 2.16. The Kier molecular flexibility index (Phi) is 4.66. The van der Waals surface area contributed by atoms with Crippen LogP contribution in [0.4, 0.5) is 0 Å². The number of hydrogen-bond donors (Lipinski definition) is 1. The molecule has 0 aromatic heterocycles. The molecule has 0 saturated heterocycles. The molecule has 0 aliphatic heterocycles. The Bertz CT molecular complexity index is 211. The monoisotopic (exact) mass is 198 g/mol. The van der Waals surface area contributed by atoms with Gasteiger partial charge in [0.25, 0.3) is 0 Å². The zero-order valence-electron chi connectivity index (χ0n) is 8.61. The smallest absolute Gasteiger partial charge is 0.332 e. The summed E-state index contributed by atoms with van der Waals surface area (Å²) in [6, 6.07) is 0. The maximum Gasteiger partial charge on any atom is 0.332 e. The molecule has 3 nitrogen and oxygen atoms in total. The van der Waals surface area contributed by atoms with E-state index in [9.17, 15) is 4.79 Å². The number of carbonyl (C=O) groups is 1. The third kappa shape index (κ3) is 3.92. The summed E-state index contributed by atoms with van der Waals surface area (Å²) in [6.07, 6.45) is 8.87. The van der Waals surface area contributed by atoms with E-state index in [1.54, 1.807) is 6.92 Å². The van der Waals surface area contributed by atoms with Gasteiger partial charge >= 0.3 is 5.97 Å². The van der Waals surface area contributed by atoms with Crippen LogP contribution in [-0.2, 0) is 9.53 Å². The summed E-state index contributed by atoms with van der Waals surface area (Å²) in [6.45, 7) is 1.59. The van der Waals surface area contributed by atoms with E-state index in [4.69, 9.17) is 9.84 Å². The third-order valence-corrected chi connectivity index (χ3v) is 2.46. The molecular formula is C11H18O3. The number of carboxylic acids is 1. The first-order chi connectivity index (χ1) is 6.70. The predicted molar refractivity (Wildman–Crippen MR) is 54.2 cm³/mol. The second-order valence-electron chi connectivity index (χ2n) is 3.72. The lowest BCUT2D eigenvalue weighted by Crippen LogP contribution is -2.26. The number of allylic oxidation sites excluding steroid dienone is 2. The Hall–Kier alpha value is -0.830. The molecule has 1 rings (SSSR count). The van der Waals surface area contributed by atoms with E-state index < -0.39 is 12.1 Å². The summed E-state index contributed by atoms with van der Waals surface area (Å²) >= 11 is 0. The molecule has 0 radical (unpaired) electrons. The number of ether oxygens (including phenoxy) is 1. The topological polar surface area (TPSA) is 46.5 Å². The molecular weight excluding hydrogens is 180 g/mol. The fourth-order valence-electron chi connectivity index (χ4n) is 1.61. The van der Waals surface area contributed by atoms with Crippen molar-refractivity contribution in [2.75, 3.05) is 0 Å². The van der Waals surface area contributed by atoms with Crippen LogP contribution in [0.3, 0.4) is 0 Å². The van der Waals surface area contributed by atoms with Gasteiger partial charge in [0.2, 0.25) is 0 Å². The van der Waals surface area contributed by atoms with Crippen LogP contribution in [0, 0.1) is 0 Å². The summed E-state index contributed by atoms with van der Waals surface area (Å²) in [5, 5.41) is 8.70. The van der Waals surface area contributed by atoms with Crippen molar-refractivity contribution < 1.29 is 14.6 Å². The molecule has 1 unspecified atom stereocenters. The van der Waals surface area contributed by atoms with Crippen molar-refractivity contribution in [3.8, 4) is 0 Å². The van der Waals surface area contributed by atoms with Crippen LogP contribution in [0.5, 0.6) is 0 Å². The van der Waals surface area contributed by atoms with Crippen molar-refractivity contribution >= 4 is 5.97 Å². The van der Waals surface area contributed by atoms with E-state index in [1.807, 2.05) is 0 Å². The van der Waals surface area contributed by atoms with Gasteiger partial charge in [-0.25, -0.2) is 4.79 Å². The summed E-state index contributed by atoms with van der Waals surface area (Å²) in [4.78, 5) is 10.6. The molecule has 0 bridgehead atoms. The average molecular weight is 198 g/mol. The van der Waals surface area contributed by atoms with Gasteiger partial charge in [0.05, 0.1) is 6.10 Å². The first-order valence-corrected chi connectivity index (χ1v) is 5.23. The first-order valence-electron chi connectivity index (χ1n) is 5.23. The molecule has 3 heteroatoms. The molecule has 2 atom stereocenters. The molecule has 1 N–H and O–H groups in total. The van der Waals surface area contributed by atoms with E-state index in [0.29, 0.717) is 0 Å². The highest BCUT2D eigenvalue weighted by Gasteiger charge is 2.18. The van der Waals surface area contributed by atoms with E-state index in [2.05, 4.69) is 12.2 Å². The number of hydrogen-bond acceptors (Lipinski definition) is 2. The minimum atomic E-state index is -0.873. The van der Waals surface area contributed by atoms with E-state index in [1.165, 1.54) is 0 Å². The van der Waals surface area contributed by atoms with E-state index in [-0.39, 0.29) is 6.10 Å². The average Bonchev–Trinajstić information content (AvgIpc) is 2.08.